The first kappa shape index (κ1) is 19.8. The van der Waals surface area contributed by atoms with E-state index in [0.717, 1.165) is 11.4 Å². The van der Waals surface area contributed by atoms with Gasteiger partial charge in [0.05, 0.1) is 17.7 Å². The van der Waals surface area contributed by atoms with E-state index in [1.165, 1.54) is 25.6 Å². The van der Waals surface area contributed by atoms with Crippen LogP contribution in [0.5, 0.6) is 5.75 Å². The number of hydrogen-bond acceptors (Lipinski definition) is 7. The van der Waals surface area contributed by atoms with Gasteiger partial charge in [-0.25, -0.2) is 27.8 Å². The highest BCUT2D eigenvalue weighted by Gasteiger charge is 2.13. The van der Waals surface area contributed by atoms with Crippen molar-refractivity contribution in [2.75, 3.05) is 25.5 Å². The molecule has 0 radical (unpaired) electrons. The molecule has 1 aromatic carbocycles. The lowest BCUT2D eigenvalue weighted by Gasteiger charge is -2.10. The first-order valence-electron chi connectivity index (χ1n) is 8.62. The fraction of sp³-hybridized carbons (Fsp3) is 0.278. The van der Waals surface area contributed by atoms with Crippen LogP contribution in [-0.2, 0) is 10.0 Å². The van der Waals surface area contributed by atoms with Crippen molar-refractivity contribution >= 4 is 15.8 Å². The van der Waals surface area contributed by atoms with Crippen molar-refractivity contribution in [3.05, 3.63) is 54.1 Å². The Labute approximate surface area is 163 Å². The van der Waals surface area contributed by atoms with Crippen LogP contribution in [0.2, 0.25) is 0 Å². The zero-order valence-corrected chi connectivity index (χ0v) is 16.7. The van der Waals surface area contributed by atoms with E-state index in [4.69, 9.17) is 4.74 Å². The molecule has 0 saturated heterocycles. The fourth-order valence-corrected chi connectivity index (χ4v) is 3.67. The number of hydrogen-bond donors (Lipinski definition) is 2. The molecule has 28 heavy (non-hydrogen) atoms. The van der Waals surface area contributed by atoms with E-state index in [9.17, 15) is 8.42 Å². The predicted molar refractivity (Wildman–Crippen MR) is 105 cm³/mol. The maximum atomic E-state index is 12.3. The highest BCUT2D eigenvalue weighted by molar-refractivity contribution is 7.89. The SMILES string of the molecule is COc1ccc(S(=O)(=O)NCCNc2cc(-n3nc(C)cc3C)ncn2)cc1. The second-order valence-corrected chi connectivity index (χ2v) is 7.87. The van der Waals surface area contributed by atoms with Crippen LogP contribution in [-0.4, -0.2) is 48.4 Å². The Morgan fingerprint density at radius 2 is 1.82 bits per heavy atom. The Balaban J connectivity index is 1.58. The van der Waals surface area contributed by atoms with E-state index in [-0.39, 0.29) is 11.4 Å². The summed E-state index contributed by atoms with van der Waals surface area (Å²) >= 11 is 0. The van der Waals surface area contributed by atoms with Gasteiger partial charge in [0.1, 0.15) is 17.9 Å². The van der Waals surface area contributed by atoms with Crippen LogP contribution in [0.3, 0.4) is 0 Å². The van der Waals surface area contributed by atoms with E-state index in [2.05, 4.69) is 25.1 Å². The number of aromatic nitrogens is 4. The predicted octanol–water partition coefficient (Wildman–Crippen LogP) is 1.68. The van der Waals surface area contributed by atoms with Gasteiger partial charge < -0.3 is 10.1 Å². The summed E-state index contributed by atoms with van der Waals surface area (Å²) in [6.07, 6.45) is 1.44. The van der Waals surface area contributed by atoms with Gasteiger partial charge in [0.25, 0.3) is 0 Å². The van der Waals surface area contributed by atoms with Gasteiger partial charge in [0.2, 0.25) is 10.0 Å². The molecule has 3 rings (SSSR count). The molecule has 0 spiro atoms. The molecule has 0 saturated carbocycles. The summed E-state index contributed by atoms with van der Waals surface area (Å²) in [6.45, 7) is 4.43. The van der Waals surface area contributed by atoms with Crippen molar-refractivity contribution in [2.45, 2.75) is 18.7 Å². The van der Waals surface area contributed by atoms with Crippen molar-refractivity contribution in [1.82, 2.24) is 24.5 Å². The lowest BCUT2D eigenvalue weighted by Crippen LogP contribution is -2.29. The summed E-state index contributed by atoms with van der Waals surface area (Å²) in [7, 11) is -2.06. The smallest absolute Gasteiger partial charge is 0.240 e. The Kier molecular flexibility index (Phi) is 5.90. The Bertz CT molecular complexity index is 1050. The van der Waals surface area contributed by atoms with Gasteiger partial charge in [0, 0.05) is 24.8 Å². The molecule has 0 aliphatic rings. The molecule has 148 valence electrons. The average molecular weight is 402 g/mol. The highest BCUT2D eigenvalue weighted by Crippen LogP contribution is 2.15. The van der Waals surface area contributed by atoms with Gasteiger partial charge >= 0.3 is 0 Å². The number of nitrogens with zero attached hydrogens (tertiary/aromatic N) is 4. The first-order chi connectivity index (χ1) is 13.4. The van der Waals surface area contributed by atoms with Crippen LogP contribution >= 0.6 is 0 Å². The summed E-state index contributed by atoms with van der Waals surface area (Å²) in [4.78, 5) is 8.57. The third-order valence-electron chi connectivity index (χ3n) is 3.97. The standard InChI is InChI=1S/C18H22N6O3S/c1-13-10-14(2)24(23-13)18-11-17(20-12-21-18)19-8-9-22-28(25,26)16-6-4-15(27-3)5-7-16/h4-7,10-12,22H,8-9H2,1-3H3,(H,19,20,21). The Morgan fingerprint density at radius 3 is 2.46 bits per heavy atom. The third kappa shape index (κ3) is 4.65. The molecule has 10 heteroatoms. The molecule has 0 bridgehead atoms. The normalized spacial score (nSPS) is 11.4. The molecule has 0 aliphatic heterocycles. The number of methoxy groups -OCH3 is 1. The number of nitrogens with one attached hydrogen (secondary N) is 2. The van der Waals surface area contributed by atoms with Gasteiger partial charge in [-0.3, -0.25) is 0 Å². The summed E-state index contributed by atoms with van der Waals surface area (Å²) in [6, 6.07) is 9.93. The second kappa shape index (κ2) is 8.36. The van der Waals surface area contributed by atoms with Gasteiger partial charge in [-0.2, -0.15) is 5.10 Å². The van der Waals surface area contributed by atoms with E-state index in [0.29, 0.717) is 23.9 Å². The van der Waals surface area contributed by atoms with Crippen LogP contribution in [0.15, 0.2) is 47.6 Å². The largest absolute Gasteiger partial charge is 0.497 e. The zero-order chi connectivity index (χ0) is 20.1. The molecular formula is C18H22N6O3S. The summed E-state index contributed by atoms with van der Waals surface area (Å²) in [5.41, 5.74) is 1.87. The summed E-state index contributed by atoms with van der Waals surface area (Å²) < 4.78 is 33.9. The molecule has 3 aromatic rings. The van der Waals surface area contributed by atoms with E-state index in [1.807, 2.05) is 19.9 Å². The molecule has 0 unspecified atom stereocenters. The highest BCUT2D eigenvalue weighted by atomic mass is 32.2. The number of rotatable bonds is 8. The lowest BCUT2D eigenvalue weighted by atomic mass is 10.3. The number of ether oxygens (including phenoxy) is 1. The minimum absolute atomic E-state index is 0.183. The molecular weight excluding hydrogens is 380 g/mol. The quantitative estimate of drug-likeness (QED) is 0.552. The van der Waals surface area contributed by atoms with Gasteiger partial charge in [-0.1, -0.05) is 0 Å². The van der Waals surface area contributed by atoms with Crippen molar-refractivity contribution in [1.29, 1.82) is 0 Å². The fourth-order valence-electron chi connectivity index (χ4n) is 2.63. The minimum Gasteiger partial charge on any atom is -0.497 e. The molecule has 2 aromatic heterocycles. The third-order valence-corrected chi connectivity index (χ3v) is 5.45. The van der Waals surface area contributed by atoms with Crippen LogP contribution in [0.25, 0.3) is 5.82 Å². The average Bonchev–Trinajstić information content (AvgIpc) is 3.03. The topological polar surface area (TPSA) is 111 Å². The summed E-state index contributed by atoms with van der Waals surface area (Å²) in [5.74, 6) is 1.82. The molecule has 0 amide bonds. The van der Waals surface area contributed by atoms with Crippen LogP contribution in [0.1, 0.15) is 11.4 Å². The molecule has 2 N–H and O–H groups in total. The van der Waals surface area contributed by atoms with Crippen molar-refractivity contribution in [3.63, 3.8) is 0 Å². The molecule has 0 aliphatic carbocycles. The molecule has 0 atom stereocenters. The molecule has 0 fully saturated rings. The van der Waals surface area contributed by atoms with E-state index < -0.39 is 10.0 Å². The van der Waals surface area contributed by atoms with Crippen molar-refractivity contribution < 1.29 is 13.2 Å². The summed E-state index contributed by atoms with van der Waals surface area (Å²) in [5, 5.41) is 7.48. The second-order valence-electron chi connectivity index (χ2n) is 6.10. The van der Waals surface area contributed by atoms with Crippen molar-refractivity contribution in [3.8, 4) is 11.6 Å². The van der Waals surface area contributed by atoms with E-state index >= 15 is 0 Å². The zero-order valence-electron chi connectivity index (χ0n) is 15.9. The van der Waals surface area contributed by atoms with Gasteiger partial charge in [-0.05, 0) is 44.2 Å². The van der Waals surface area contributed by atoms with Gasteiger partial charge in [0.15, 0.2) is 5.82 Å². The molecule has 2 heterocycles. The first-order valence-corrected chi connectivity index (χ1v) is 10.1. The van der Waals surface area contributed by atoms with Crippen LogP contribution < -0.4 is 14.8 Å². The van der Waals surface area contributed by atoms with Crippen molar-refractivity contribution in [2.24, 2.45) is 0 Å². The Hall–Kier alpha value is -2.98. The molecule has 9 nitrogen and oxygen atoms in total. The maximum absolute atomic E-state index is 12.3. The van der Waals surface area contributed by atoms with E-state index in [1.54, 1.807) is 22.9 Å². The monoisotopic (exact) mass is 402 g/mol. The van der Waals surface area contributed by atoms with Gasteiger partial charge in [-0.15, -0.1) is 0 Å². The van der Waals surface area contributed by atoms with Crippen LogP contribution in [0, 0.1) is 13.8 Å². The maximum Gasteiger partial charge on any atom is 0.240 e. The van der Waals surface area contributed by atoms with Crippen LogP contribution in [0.4, 0.5) is 5.82 Å². The number of sulfonamides is 1. The Morgan fingerprint density at radius 1 is 1.07 bits per heavy atom. The number of benzene rings is 1. The lowest BCUT2D eigenvalue weighted by molar-refractivity contribution is 0.414. The number of anilines is 1. The minimum atomic E-state index is -3.59. The number of aryl methyl sites for hydroxylation is 2.